The summed E-state index contributed by atoms with van der Waals surface area (Å²) in [6.07, 6.45) is 1.84. The molecule has 2 fully saturated rings. The van der Waals surface area contributed by atoms with Crippen LogP contribution in [-0.4, -0.2) is 64.6 Å². The van der Waals surface area contributed by atoms with Crippen LogP contribution in [0.25, 0.3) is 11.2 Å². The van der Waals surface area contributed by atoms with Gasteiger partial charge in [-0.25, -0.2) is 23.8 Å². The number of aromatic amines is 1. The molecule has 2 aliphatic rings. The monoisotopic (exact) mass is 404 g/mol. The van der Waals surface area contributed by atoms with Crippen molar-refractivity contribution < 1.29 is 8.78 Å². The van der Waals surface area contributed by atoms with Crippen LogP contribution in [0.1, 0.15) is 57.7 Å². The maximum absolute atomic E-state index is 13.9. The van der Waals surface area contributed by atoms with Gasteiger partial charge in [-0.3, -0.25) is 0 Å². The molecule has 0 bridgehead atoms. The zero-order chi connectivity index (χ0) is 20.4. The summed E-state index contributed by atoms with van der Waals surface area (Å²) >= 11 is 0. The first-order valence-corrected chi connectivity index (χ1v) is 9.73. The molecule has 0 aromatic carbocycles. The molecule has 0 radical (unpaired) electrons. The number of nitrogens with one attached hydrogen (secondary N) is 1. The molecule has 154 valence electrons. The van der Waals surface area contributed by atoms with Gasteiger partial charge in [-0.05, 0) is 29.2 Å². The molecule has 1 N–H and O–H groups in total. The van der Waals surface area contributed by atoms with E-state index >= 15 is 0 Å². The smallest absolute Gasteiger partial charge is 0.266 e. The van der Waals surface area contributed by atoms with Crippen molar-refractivity contribution in [1.82, 2.24) is 45.6 Å². The number of tetrazole rings is 1. The molecule has 29 heavy (non-hydrogen) atoms. The van der Waals surface area contributed by atoms with Crippen molar-refractivity contribution in [3.63, 3.8) is 0 Å². The van der Waals surface area contributed by atoms with Crippen molar-refractivity contribution in [2.24, 2.45) is 5.92 Å². The Morgan fingerprint density at radius 3 is 2.55 bits per heavy atom. The van der Waals surface area contributed by atoms with E-state index < -0.39 is 5.92 Å². The molecular formula is C17H22F2N10. The number of aromatic nitrogens is 9. The van der Waals surface area contributed by atoms with E-state index in [-0.39, 0.29) is 31.0 Å². The fourth-order valence-corrected chi connectivity index (χ4v) is 3.63. The Balaban J connectivity index is 1.65. The van der Waals surface area contributed by atoms with E-state index in [1.807, 2.05) is 20.8 Å². The largest absolute Gasteiger partial charge is 0.348 e. The minimum atomic E-state index is -2.74. The third-order valence-corrected chi connectivity index (χ3v) is 5.35. The molecular weight excluding hydrogens is 382 g/mol. The third kappa shape index (κ3) is 3.29. The van der Waals surface area contributed by atoms with Gasteiger partial charge in [0.2, 0.25) is 5.65 Å². The van der Waals surface area contributed by atoms with Crippen LogP contribution in [0.3, 0.4) is 0 Å². The van der Waals surface area contributed by atoms with E-state index in [1.165, 1.54) is 0 Å². The average Bonchev–Trinajstić information content (AvgIpc) is 3.04. The molecule has 4 heterocycles. The Hall–Kier alpha value is -2.79. The Bertz CT molecular complexity index is 1030. The molecule has 3 aromatic rings. The molecule has 5 rings (SSSR count). The van der Waals surface area contributed by atoms with Gasteiger partial charge in [0.1, 0.15) is 11.9 Å². The van der Waals surface area contributed by atoms with E-state index in [1.54, 1.807) is 9.70 Å². The highest BCUT2D eigenvalue weighted by Gasteiger charge is 2.41. The fourth-order valence-electron chi connectivity index (χ4n) is 3.63. The topological polar surface area (TPSA) is 114 Å². The summed E-state index contributed by atoms with van der Waals surface area (Å²) in [6, 6.07) is -0.245. The molecule has 0 spiro atoms. The van der Waals surface area contributed by atoms with Crippen LogP contribution in [-0.2, 0) is 5.41 Å². The second kappa shape index (κ2) is 6.10. The Kier molecular flexibility index (Phi) is 3.84. The number of hydrogen-bond donors (Lipinski definition) is 1. The number of H-pyrrole nitrogens is 1. The Morgan fingerprint density at radius 1 is 1.17 bits per heavy atom. The van der Waals surface area contributed by atoms with Crippen LogP contribution < -0.4 is 4.90 Å². The van der Waals surface area contributed by atoms with Gasteiger partial charge in [-0.15, -0.1) is 15.3 Å². The van der Waals surface area contributed by atoms with Crippen LogP contribution in [0, 0.1) is 5.92 Å². The van der Waals surface area contributed by atoms with Crippen LogP contribution in [0.4, 0.5) is 14.6 Å². The van der Waals surface area contributed by atoms with Gasteiger partial charge in [0, 0.05) is 18.4 Å². The predicted octanol–water partition coefficient (Wildman–Crippen LogP) is 1.88. The Morgan fingerprint density at radius 2 is 1.97 bits per heavy atom. The first-order valence-electron chi connectivity index (χ1n) is 9.73. The molecule has 0 amide bonds. The van der Waals surface area contributed by atoms with Crippen LogP contribution >= 0.6 is 0 Å². The molecule has 1 unspecified atom stereocenters. The summed E-state index contributed by atoms with van der Waals surface area (Å²) in [4.78, 5) is 12.4. The van der Waals surface area contributed by atoms with Gasteiger partial charge in [0.15, 0.2) is 17.2 Å². The number of halogens is 2. The number of rotatable bonds is 4. The zero-order valence-electron chi connectivity index (χ0n) is 16.5. The number of alkyl halides is 2. The maximum atomic E-state index is 13.9. The molecule has 12 heteroatoms. The number of nitrogens with zero attached hydrogens (tertiary/aromatic N) is 9. The average molecular weight is 404 g/mol. The summed E-state index contributed by atoms with van der Waals surface area (Å²) < 4.78 is 27.8. The van der Waals surface area contributed by atoms with E-state index in [4.69, 9.17) is 0 Å². The molecule has 10 nitrogen and oxygen atoms in total. The molecule has 1 aliphatic heterocycles. The highest BCUT2D eigenvalue weighted by molar-refractivity contribution is 5.83. The van der Waals surface area contributed by atoms with E-state index in [0.29, 0.717) is 34.5 Å². The molecule has 1 aliphatic carbocycles. The van der Waals surface area contributed by atoms with Gasteiger partial charge < -0.3 is 4.90 Å². The van der Waals surface area contributed by atoms with Crippen molar-refractivity contribution in [1.29, 1.82) is 0 Å². The van der Waals surface area contributed by atoms with E-state index in [9.17, 15) is 8.78 Å². The minimum absolute atomic E-state index is 0.202. The van der Waals surface area contributed by atoms with Crippen molar-refractivity contribution >= 4 is 17.0 Å². The van der Waals surface area contributed by atoms with E-state index in [2.05, 4.69) is 40.8 Å². The molecule has 1 saturated carbocycles. The summed E-state index contributed by atoms with van der Waals surface area (Å²) in [5.41, 5.74) is 0.460. The van der Waals surface area contributed by atoms with Crippen LogP contribution in [0.5, 0.6) is 0 Å². The number of hydrogen-bond acceptors (Lipinski definition) is 8. The van der Waals surface area contributed by atoms with Crippen LogP contribution in [0.15, 0.2) is 0 Å². The Labute approximate surface area is 165 Å². The van der Waals surface area contributed by atoms with Crippen molar-refractivity contribution in [3.8, 4) is 0 Å². The van der Waals surface area contributed by atoms with Gasteiger partial charge in [-0.2, -0.15) is 4.80 Å². The second-order valence-corrected chi connectivity index (χ2v) is 8.91. The quantitative estimate of drug-likeness (QED) is 0.701. The molecule has 1 saturated heterocycles. The molecule has 1 atom stereocenters. The lowest BCUT2D eigenvalue weighted by atomic mass is 9.96. The highest BCUT2D eigenvalue weighted by Crippen LogP contribution is 2.42. The second-order valence-electron chi connectivity index (χ2n) is 8.91. The standard InChI is InChI=1S/C17H22F2N10/c1-16(2,3)15-20-12-10(14(21-15)28-7-6-17(18,19)8-28)24-29(25-12)11(9-4-5-9)13-22-26-27-23-13/h9,11H,4-8H2,1-3H3,(H,22,23,26,27). The summed E-state index contributed by atoms with van der Waals surface area (Å²) in [7, 11) is 0. The lowest BCUT2D eigenvalue weighted by molar-refractivity contribution is 0.0257. The predicted molar refractivity (Wildman–Crippen MR) is 98.6 cm³/mol. The van der Waals surface area contributed by atoms with Gasteiger partial charge in [-0.1, -0.05) is 20.8 Å². The lowest BCUT2D eigenvalue weighted by Crippen LogP contribution is -2.27. The minimum Gasteiger partial charge on any atom is -0.348 e. The SMILES string of the molecule is CC(C)(C)c1nc(N2CCC(F)(F)C2)c2nn(C(c3nnn[nH]3)C3CC3)nc2n1. The summed E-state index contributed by atoms with van der Waals surface area (Å²) in [5, 5.41) is 23.4. The first-order chi connectivity index (χ1) is 13.7. The van der Waals surface area contributed by atoms with E-state index in [0.717, 1.165) is 12.8 Å². The summed E-state index contributed by atoms with van der Waals surface area (Å²) in [6.45, 7) is 5.78. The van der Waals surface area contributed by atoms with Gasteiger partial charge in [0.05, 0.1) is 6.54 Å². The number of anilines is 1. The summed E-state index contributed by atoms with van der Waals surface area (Å²) in [5.74, 6) is -0.885. The van der Waals surface area contributed by atoms with Gasteiger partial charge >= 0.3 is 0 Å². The highest BCUT2D eigenvalue weighted by atomic mass is 19.3. The lowest BCUT2D eigenvalue weighted by Gasteiger charge is -2.21. The third-order valence-electron chi connectivity index (χ3n) is 5.35. The van der Waals surface area contributed by atoms with Crippen LogP contribution in [0.2, 0.25) is 0 Å². The number of fused-ring (bicyclic) bond motifs is 1. The maximum Gasteiger partial charge on any atom is 0.266 e. The first kappa shape index (κ1) is 18.3. The van der Waals surface area contributed by atoms with Crippen molar-refractivity contribution in [2.75, 3.05) is 18.0 Å². The fraction of sp³-hybridized carbons (Fsp3) is 0.706. The van der Waals surface area contributed by atoms with Crippen molar-refractivity contribution in [2.45, 2.75) is 57.4 Å². The van der Waals surface area contributed by atoms with Crippen molar-refractivity contribution in [3.05, 3.63) is 11.6 Å². The molecule has 3 aromatic heterocycles. The normalized spacial score (nSPS) is 20.5. The zero-order valence-corrected chi connectivity index (χ0v) is 16.5. The van der Waals surface area contributed by atoms with Gasteiger partial charge in [0.25, 0.3) is 5.92 Å².